The van der Waals surface area contributed by atoms with Crippen molar-refractivity contribution in [2.75, 3.05) is 12.9 Å². The Bertz CT molecular complexity index is 174. The maximum Gasteiger partial charge on any atom is 0.233 e. The van der Waals surface area contributed by atoms with E-state index in [0.717, 1.165) is 0 Å². The Hall–Kier alpha value is -0.220. The van der Waals surface area contributed by atoms with Gasteiger partial charge in [0.15, 0.2) is 0 Å². The highest BCUT2D eigenvalue weighted by atomic mass is 32.2. The Morgan fingerprint density at radius 3 is 2.36 bits per heavy atom. The van der Waals surface area contributed by atoms with Gasteiger partial charge in [-0.05, 0) is 25.5 Å². The van der Waals surface area contributed by atoms with Gasteiger partial charge >= 0.3 is 0 Å². The fraction of sp³-hybridized carbons (Fsp3) is 0.900. The third kappa shape index (κ3) is 4.86. The molecule has 0 spiro atoms. The Morgan fingerprint density at radius 2 is 2.00 bits per heavy atom. The molecule has 0 saturated heterocycles. The number of carbonyl (C=O) groups excluding carboxylic acids is 1. The Balaban J connectivity index is 4.08. The van der Waals surface area contributed by atoms with Crippen molar-refractivity contribution in [1.82, 2.24) is 5.32 Å². The number of carbonyl (C=O) groups is 1. The maximum absolute atomic E-state index is 11.6. The van der Waals surface area contributed by atoms with Gasteiger partial charge < -0.3 is 10.4 Å². The minimum absolute atomic E-state index is 0.0186. The van der Waals surface area contributed by atoms with Gasteiger partial charge in [-0.2, -0.15) is 11.8 Å². The van der Waals surface area contributed by atoms with Gasteiger partial charge in [-0.1, -0.05) is 13.8 Å². The number of aliphatic hydroxyl groups is 1. The van der Waals surface area contributed by atoms with Crippen molar-refractivity contribution >= 4 is 17.7 Å². The van der Waals surface area contributed by atoms with Gasteiger partial charge in [-0.3, -0.25) is 4.79 Å². The fourth-order valence-corrected chi connectivity index (χ4v) is 1.40. The number of thioether (sulfide) groups is 1. The first-order valence-electron chi connectivity index (χ1n) is 4.97. The highest BCUT2D eigenvalue weighted by Gasteiger charge is 2.18. The standard InChI is InChI=1S/C10H21NO2S/c1-7(2)9(5-6-12)11-10(13)8(3)14-4/h7-9,12H,5-6H2,1-4H3,(H,11,13). The Kier molecular flexibility index (Phi) is 7.01. The van der Waals surface area contributed by atoms with E-state index >= 15 is 0 Å². The second-order valence-corrected chi connectivity index (χ2v) is 4.93. The molecule has 0 bridgehead atoms. The second-order valence-electron chi connectivity index (χ2n) is 3.75. The second kappa shape index (κ2) is 7.12. The van der Waals surface area contributed by atoms with E-state index in [1.165, 1.54) is 11.8 Å². The van der Waals surface area contributed by atoms with Crippen molar-refractivity contribution in [2.24, 2.45) is 5.92 Å². The molecule has 2 unspecified atom stereocenters. The Labute approximate surface area is 90.7 Å². The third-order valence-electron chi connectivity index (χ3n) is 2.30. The minimum atomic E-state index is -0.0186. The molecule has 0 aliphatic carbocycles. The summed E-state index contributed by atoms with van der Waals surface area (Å²) in [5.74, 6) is 0.421. The lowest BCUT2D eigenvalue weighted by Gasteiger charge is -2.23. The summed E-state index contributed by atoms with van der Waals surface area (Å²) in [4.78, 5) is 11.6. The quantitative estimate of drug-likeness (QED) is 0.707. The highest BCUT2D eigenvalue weighted by Crippen LogP contribution is 2.09. The van der Waals surface area contributed by atoms with E-state index in [2.05, 4.69) is 5.32 Å². The van der Waals surface area contributed by atoms with E-state index in [1.54, 1.807) is 0 Å². The Morgan fingerprint density at radius 1 is 1.43 bits per heavy atom. The lowest BCUT2D eigenvalue weighted by Crippen LogP contribution is -2.42. The van der Waals surface area contributed by atoms with Crippen LogP contribution in [0.4, 0.5) is 0 Å². The highest BCUT2D eigenvalue weighted by molar-refractivity contribution is 7.99. The summed E-state index contributed by atoms with van der Waals surface area (Å²) in [5.41, 5.74) is 0. The molecule has 0 aromatic carbocycles. The zero-order chi connectivity index (χ0) is 11.1. The van der Waals surface area contributed by atoms with Crippen molar-refractivity contribution in [3.63, 3.8) is 0 Å². The van der Waals surface area contributed by atoms with E-state index in [-0.39, 0.29) is 23.8 Å². The molecular weight excluding hydrogens is 198 g/mol. The molecule has 0 fully saturated rings. The molecule has 0 aliphatic rings. The molecule has 0 rings (SSSR count). The summed E-state index contributed by atoms with van der Waals surface area (Å²) in [6.07, 6.45) is 2.55. The van der Waals surface area contributed by atoms with Gasteiger partial charge in [0, 0.05) is 12.6 Å². The monoisotopic (exact) mass is 219 g/mol. The van der Waals surface area contributed by atoms with Crippen LogP contribution in [0.1, 0.15) is 27.2 Å². The van der Waals surface area contributed by atoms with Crippen molar-refractivity contribution in [3.05, 3.63) is 0 Å². The first-order valence-corrected chi connectivity index (χ1v) is 6.25. The lowest BCUT2D eigenvalue weighted by molar-refractivity contribution is -0.121. The lowest BCUT2D eigenvalue weighted by atomic mass is 10.0. The summed E-state index contributed by atoms with van der Waals surface area (Å²) in [6.45, 7) is 6.10. The average Bonchev–Trinajstić information content (AvgIpc) is 2.15. The van der Waals surface area contributed by atoms with E-state index in [9.17, 15) is 4.79 Å². The van der Waals surface area contributed by atoms with Crippen LogP contribution in [0.5, 0.6) is 0 Å². The predicted molar refractivity (Wildman–Crippen MR) is 61.4 cm³/mol. The summed E-state index contributed by atoms with van der Waals surface area (Å²) < 4.78 is 0. The van der Waals surface area contributed by atoms with Crippen molar-refractivity contribution < 1.29 is 9.90 Å². The molecule has 0 radical (unpaired) electrons. The average molecular weight is 219 g/mol. The van der Waals surface area contributed by atoms with Crippen LogP contribution in [0.2, 0.25) is 0 Å². The maximum atomic E-state index is 11.6. The van der Waals surface area contributed by atoms with Crippen LogP contribution in [0.15, 0.2) is 0 Å². The first kappa shape index (κ1) is 13.8. The summed E-state index contributed by atoms with van der Waals surface area (Å²) in [6, 6.07) is 0.0853. The third-order valence-corrected chi connectivity index (χ3v) is 3.22. The van der Waals surface area contributed by atoms with Gasteiger partial charge in [0.2, 0.25) is 5.91 Å². The molecule has 0 saturated carbocycles. The van der Waals surface area contributed by atoms with E-state index < -0.39 is 0 Å². The minimum Gasteiger partial charge on any atom is -0.396 e. The van der Waals surface area contributed by atoms with Crippen LogP contribution >= 0.6 is 11.8 Å². The summed E-state index contributed by atoms with van der Waals surface area (Å²) in [5, 5.41) is 11.8. The SMILES string of the molecule is CSC(C)C(=O)NC(CCO)C(C)C. The molecule has 2 N–H and O–H groups in total. The van der Waals surface area contributed by atoms with Crippen molar-refractivity contribution in [2.45, 2.75) is 38.5 Å². The number of amides is 1. The molecule has 0 aromatic heterocycles. The van der Waals surface area contributed by atoms with E-state index in [1.807, 2.05) is 27.0 Å². The zero-order valence-corrected chi connectivity index (χ0v) is 10.2. The van der Waals surface area contributed by atoms with E-state index in [4.69, 9.17) is 5.11 Å². The number of hydrogen-bond acceptors (Lipinski definition) is 3. The van der Waals surface area contributed by atoms with E-state index in [0.29, 0.717) is 12.3 Å². The molecule has 1 amide bonds. The molecule has 84 valence electrons. The van der Waals surface area contributed by atoms with Crippen molar-refractivity contribution in [3.8, 4) is 0 Å². The van der Waals surface area contributed by atoms with Crippen LogP contribution in [-0.4, -0.2) is 35.2 Å². The number of nitrogens with one attached hydrogen (secondary N) is 1. The molecule has 3 nitrogen and oxygen atoms in total. The van der Waals surface area contributed by atoms with Gasteiger partial charge in [-0.25, -0.2) is 0 Å². The van der Waals surface area contributed by atoms with Gasteiger partial charge in [0.05, 0.1) is 5.25 Å². The van der Waals surface area contributed by atoms with Crippen molar-refractivity contribution in [1.29, 1.82) is 0 Å². The predicted octanol–water partition coefficient (Wildman–Crippen LogP) is 1.26. The molecule has 0 heterocycles. The summed E-state index contributed by atoms with van der Waals surface area (Å²) >= 11 is 1.53. The zero-order valence-electron chi connectivity index (χ0n) is 9.41. The largest absolute Gasteiger partial charge is 0.396 e. The van der Waals surface area contributed by atoms with Crippen LogP contribution in [0, 0.1) is 5.92 Å². The molecule has 14 heavy (non-hydrogen) atoms. The number of rotatable bonds is 6. The normalized spacial score (nSPS) is 15.3. The van der Waals surface area contributed by atoms with Crippen LogP contribution < -0.4 is 5.32 Å². The number of hydrogen-bond donors (Lipinski definition) is 2. The number of aliphatic hydroxyl groups excluding tert-OH is 1. The van der Waals surface area contributed by atoms with Gasteiger partial charge in [0.1, 0.15) is 0 Å². The molecule has 2 atom stereocenters. The first-order chi connectivity index (χ1) is 6.52. The van der Waals surface area contributed by atoms with Gasteiger partial charge in [0.25, 0.3) is 0 Å². The van der Waals surface area contributed by atoms with Crippen LogP contribution in [0.3, 0.4) is 0 Å². The summed E-state index contributed by atoms with van der Waals surface area (Å²) in [7, 11) is 0. The topological polar surface area (TPSA) is 49.3 Å². The van der Waals surface area contributed by atoms with Crippen LogP contribution in [-0.2, 0) is 4.79 Å². The molecule has 0 aromatic rings. The van der Waals surface area contributed by atoms with Gasteiger partial charge in [-0.15, -0.1) is 0 Å². The smallest absolute Gasteiger partial charge is 0.233 e. The molecule has 4 heteroatoms. The van der Waals surface area contributed by atoms with Crippen LogP contribution in [0.25, 0.3) is 0 Å². The fourth-order valence-electron chi connectivity index (χ4n) is 1.12. The molecule has 0 aliphatic heterocycles. The molecular formula is C10H21NO2S.